The molecule has 0 saturated heterocycles. The average molecular weight is 275 g/mol. The van der Waals surface area contributed by atoms with Gasteiger partial charge in [-0.1, -0.05) is 0 Å². The predicted octanol–water partition coefficient (Wildman–Crippen LogP) is 3.21. The van der Waals surface area contributed by atoms with Gasteiger partial charge in [0.05, 0.1) is 16.6 Å². The molecule has 2 aromatic carbocycles. The summed E-state index contributed by atoms with van der Waals surface area (Å²) in [5.74, 6) is -1.44. The summed E-state index contributed by atoms with van der Waals surface area (Å²) in [6.07, 6.45) is 1.39. The van der Waals surface area contributed by atoms with Gasteiger partial charge in [-0.3, -0.25) is 10.1 Å². The maximum Gasteiger partial charge on any atom is 0.270 e. The van der Waals surface area contributed by atoms with E-state index in [9.17, 15) is 18.9 Å². The standard InChI is InChI=1S/C13H7F2N3O2/c14-9-1-3-13(11(15)6-9)17-12-4-2-10(18(19)20)5-8(12)7-16-17/h1-7H. The Kier molecular flexibility index (Phi) is 2.67. The summed E-state index contributed by atoms with van der Waals surface area (Å²) in [5, 5.41) is 15.2. The van der Waals surface area contributed by atoms with Crippen molar-refractivity contribution in [2.45, 2.75) is 0 Å². The molecule has 100 valence electrons. The number of nitrogens with zero attached hydrogens (tertiary/aromatic N) is 3. The van der Waals surface area contributed by atoms with Crippen LogP contribution in [0.25, 0.3) is 16.6 Å². The van der Waals surface area contributed by atoms with Gasteiger partial charge < -0.3 is 0 Å². The van der Waals surface area contributed by atoms with E-state index in [-0.39, 0.29) is 11.4 Å². The molecule has 20 heavy (non-hydrogen) atoms. The Balaban J connectivity index is 2.20. The molecule has 3 rings (SSSR count). The van der Waals surface area contributed by atoms with Gasteiger partial charge in [-0.25, -0.2) is 13.5 Å². The molecule has 0 radical (unpaired) electrons. The molecule has 0 fully saturated rings. The number of nitro benzene ring substituents is 1. The molecule has 1 heterocycles. The highest BCUT2D eigenvalue weighted by atomic mass is 19.1. The fraction of sp³-hybridized carbons (Fsp3) is 0. The van der Waals surface area contributed by atoms with E-state index < -0.39 is 16.6 Å². The molecule has 0 bridgehead atoms. The van der Waals surface area contributed by atoms with E-state index >= 15 is 0 Å². The minimum atomic E-state index is -0.756. The highest BCUT2D eigenvalue weighted by molar-refractivity contribution is 5.82. The predicted molar refractivity (Wildman–Crippen MR) is 67.6 cm³/mol. The lowest BCUT2D eigenvalue weighted by Crippen LogP contribution is -2.00. The Labute approximate surface area is 111 Å². The molecule has 0 N–H and O–H groups in total. The van der Waals surface area contributed by atoms with E-state index in [1.807, 2.05) is 0 Å². The smallest absolute Gasteiger partial charge is 0.258 e. The quantitative estimate of drug-likeness (QED) is 0.533. The fourth-order valence-corrected chi connectivity index (χ4v) is 1.98. The molecule has 0 saturated carbocycles. The van der Waals surface area contributed by atoms with Crippen molar-refractivity contribution >= 4 is 16.6 Å². The van der Waals surface area contributed by atoms with Crippen LogP contribution in [-0.2, 0) is 0 Å². The van der Waals surface area contributed by atoms with E-state index in [1.165, 1.54) is 35.1 Å². The van der Waals surface area contributed by atoms with Gasteiger partial charge in [0.2, 0.25) is 0 Å². The average Bonchev–Trinajstić information content (AvgIpc) is 2.81. The van der Waals surface area contributed by atoms with Gasteiger partial charge in [0.15, 0.2) is 5.82 Å². The van der Waals surface area contributed by atoms with Crippen molar-refractivity contribution in [2.24, 2.45) is 0 Å². The van der Waals surface area contributed by atoms with Crippen molar-refractivity contribution in [2.75, 3.05) is 0 Å². The molecule has 0 aliphatic rings. The number of hydrogen-bond donors (Lipinski definition) is 0. The number of non-ortho nitro benzene ring substituents is 1. The maximum absolute atomic E-state index is 13.7. The van der Waals surface area contributed by atoms with Crippen LogP contribution in [0.15, 0.2) is 42.6 Å². The Morgan fingerprint density at radius 3 is 2.65 bits per heavy atom. The summed E-state index contributed by atoms with van der Waals surface area (Å²) >= 11 is 0. The molecule has 0 atom stereocenters. The third kappa shape index (κ3) is 1.89. The summed E-state index contributed by atoms with van der Waals surface area (Å²) in [4.78, 5) is 10.2. The van der Waals surface area contributed by atoms with Gasteiger partial charge in [0.1, 0.15) is 11.5 Å². The molecule has 0 spiro atoms. The molecule has 0 aliphatic carbocycles. The number of nitro groups is 1. The summed E-state index contributed by atoms with van der Waals surface area (Å²) in [6.45, 7) is 0. The van der Waals surface area contributed by atoms with Crippen molar-refractivity contribution in [3.8, 4) is 5.69 Å². The van der Waals surface area contributed by atoms with Crippen LogP contribution in [0, 0.1) is 21.7 Å². The van der Waals surface area contributed by atoms with E-state index in [2.05, 4.69) is 5.10 Å². The van der Waals surface area contributed by atoms with Gasteiger partial charge in [-0.05, 0) is 18.2 Å². The zero-order valence-electron chi connectivity index (χ0n) is 9.96. The van der Waals surface area contributed by atoms with Crippen LogP contribution in [0.2, 0.25) is 0 Å². The Morgan fingerprint density at radius 1 is 1.15 bits per heavy atom. The largest absolute Gasteiger partial charge is 0.270 e. The molecule has 7 heteroatoms. The van der Waals surface area contributed by atoms with E-state index in [1.54, 1.807) is 0 Å². The first kappa shape index (κ1) is 12.2. The van der Waals surface area contributed by atoms with Gasteiger partial charge >= 0.3 is 0 Å². The highest BCUT2D eigenvalue weighted by Crippen LogP contribution is 2.24. The Bertz CT molecular complexity index is 830. The number of halogens is 2. The molecule has 0 aliphatic heterocycles. The summed E-state index contributed by atoms with van der Waals surface area (Å²) < 4.78 is 27.9. The van der Waals surface area contributed by atoms with Crippen LogP contribution in [0.1, 0.15) is 0 Å². The number of benzene rings is 2. The zero-order chi connectivity index (χ0) is 14.3. The summed E-state index contributed by atoms with van der Waals surface area (Å²) in [6, 6.07) is 7.27. The maximum atomic E-state index is 13.7. The van der Waals surface area contributed by atoms with E-state index in [0.29, 0.717) is 10.9 Å². The molecule has 1 aromatic heterocycles. The van der Waals surface area contributed by atoms with E-state index in [4.69, 9.17) is 0 Å². The minimum Gasteiger partial charge on any atom is -0.258 e. The third-order valence-electron chi connectivity index (χ3n) is 2.90. The van der Waals surface area contributed by atoms with Crippen molar-refractivity contribution < 1.29 is 13.7 Å². The molecule has 0 unspecified atom stereocenters. The lowest BCUT2D eigenvalue weighted by Gasteiger charge is -2.04. The molecule has 0 amide bonds. The number of rotatable bonds is 2. The summed E-state index contributed by atoms with van der Waals surface area (Å²) in [5.41, 5.74) is 0.507. The van der Waals surface area contributed by atoms with Crippen LogP contribution in [0.3, 0.4) is 0 Å². The monoisotopic (exact) mass is 275 g/mol. The minimum absolute atomic E-state index is 0.0726. The fourth-order valence-electron chi connectivity index (χ4n) is 1.98. The SMILES string of the molecule is O=[N+]([O-])c1ccc2c(cnn2-c2ccc(F)cc2F)c1. The first-order valence-electron chi connectivity index (χ1n) is 5.64. The van der Waals surface area contributed by atoms with Gasteiger partial charge in [0, 0.05) is 23.6 Å². The van der Waals surface area contributed by atoms with Crippen LogP contribution in [0.5, 0.6) is 0 Å². The third-order valence-corrected chi connectivity index (χ3v) is 2.90. The van der Waals surface area contributed by atoms with Gasteiger partial charge in [0.25, 0.3) is 5.69 Å². The van der Waals surface area contributed by atoms with Crippen molar-refractivity contribution in [1.82, 2.24) is 9.78 Å². The lowest BCUT2D eigenvalue weighted by atomic mass is 10.2. The molecular formula is C13H7F2N3O2. The molecular weight excluding hydrogens is 268 g/mol. The number of hydrogen-bond acceptors (Lipinski definition) is 3. The lowest BCUT2D eigenvalue weighted by molar-refractivity contribution is -0.384. The second-order valence-electron chi connectivity index (χ2n) is 4.15. The zero-order valence-corrected chi connectivity index (χ0v) is 9.96. The second-order valence-corrected chi connectivity index (χ2v) is 4.15. The first-order valence-corrected chi connectivity index (χ1v) is 5.64. The molecule has 3 aromatic rings. The first-order chi connectivity index (χ1) is 9.56. The number of aromatic nitrogens is 2. The Hall–Kier alpha value is -2.83. The van der Waals surface area contributed by atoms with Crippen LogP contribution < -0.4 is 0 Å². The topological polar surface area (TPSA) is 61.0 Å². The second kappa shape index (κ2) is 4.37. The summed E-state index contributed by atoms with van der Waals surface area (Å²) in [7, 11) is 0. The number of fused-ring (bicyclic) bond motifs is 1. The van der Waals surface area contributed by atoms with Crippen LogP contribution in [-0.4, -0.2) is 14.7 Å². The molecule has 5 nitrogen and oxygen atoms in total. The highest BCUT2D eigenvalue weighted by Gasteiger charge is 2.13. The Morgan fingerprint density at radius 2 is 1.95 bits per heavy atom. The van der Waals surface area contributed by atoms with Gasteiger partial charge in [-0.15, -0.1) is 0 Å². The van der Waals surface area contributed by atoms with Crippen LogP contribution >= 0.6 is 0 Å². The van der Waals surface area contributed by atoms with Crippen LogP contribution in [0.4, 0.5) is 14.5 Å². The normalized spacial score (nSPS) is 10.9. The van der Waals surface area contributed by atoms with Crippen molar-refractivity contribution in [3.63, 3.8) is 0 Å². The van der Waals surface area contributed by atoms with Crippen molar-refractivity contribution in [1.29, 1.82) is 0 Å². The van der Waals surface area contributed by atoms with Crippen molar-refractivity contribution in [3.05, 3.63) is 64.3 Å². The van der Waals surface area contributed by atoms with Gasteiger partial charge in [-0.2, -0.15) is 5.10 Å². The van der Waals surface area contributed by atoms with E-state index in [0.717, 1.165) is 12.1 Å².